The lowest BCUT2D eigenvalue weighted by Crippen LogP contribution is -2.45. The molecule has 0 atom stereocenters. The normalized spacial score (nSPS) is 26.8. The molecule has 0 aromatic heterocycles. The molecule has 1 saturated carbocycles. The van der Waals surface area contributed by atoms with Gasteiger partial charge in [0.1, 0.15) is 0 Å². The number of rotatable bonds is 2. The van der Waals surface area contributed by atoms with E-state index < -0.39 is 0 Å². The average molecular weight is 182 g/mol. The van der Waals surface area contributed by atoms with Gasteiger partial charge in [-0.15, -0.1) is 0 Å². The zero-order valence-corrected chi connectivity index (χ0v) is 8.23. The summed E-state index contributed by atoms with van der Waals surface area (Å²) in [5.41, 5.74) is 0.202. The van der Waals surface area contributed by atoms with E-state index in [0.717, 1.165) is 19.0 Å². The number of hydrogen-bond donors (Lipinski definition) is 2. The van der Waals surface area contributed by atoms with Gasteiger partial charge in [-0.2, -0.15) is 0 Å². The van der Waals surface area contributed by atoms with E-state index in [1.165, 1.54) is 25.7 Å². The Balaban J connectivity index is 1.93. The molecule has 0 aromatic carbocycles. The standard InChI is InChI=1S/C10H18N2O/c1-8(13)12-10(4-5-10)9-2-6-11-7-3-9/h9,11H,2-7H2,1H3,(H,12,13). The third kappa shape index (κ3) is 1.85. The Morgan fingerprint density at radius 1 is 1.38 bits per heavy atom. The topological polar surface area (TPSA) is 41.1 Å². The van der Waals surface area contributed by atoms with E-state index in [1.54, 1.807) is 6.92 Å². The summed E-state index contributed by atoms with van der Waals surface area (Å²) in [7, 11) is 0. The van der Waals surface area contributed by atoms with E-state index in [2.05, 4.69) is 10.6 Å². The molecular weight excluding hydrogens is 164 g/mol. The first-order valence-electron chi connectivity index (χ1n) is 5.22. The molecule has 0 bridgehead atoms. The number of amides is 1. The molecule has 2 N–H and O–H groups in total. The monoisotopic (exact) mass is 182 g/mol. The van der Waals surface area contributed by atoms with Gasteiger partial charge in [-0.25, -0.2) is 0 Å². The molecule has 0 spiro atoms. The second-order valence-corrected chi connectivity index (χ2v) is 4.36. The highest BCUT2D eigenvalue weighted by Gasteiger charge is 2.49. The first-order chi connectivity index (χ1) is 6.23. The third-order valence-corrected chi connectivity index (χ3v) is 3.33. The summed E-state index contributed by atoms with van der Waals surface area (Å²) in [4.78, 5) is 11.0. The van der Waals surface area contributed by atoms with Crippen molar-refractivity contribution >= 4 is 5.91 Å². The molecule has 0 unspecified atom stereocenters. The van der Waals surface area contributed by atoms with E-state index in [-0.39, 0.29) is 11.4 Å². The summed E-state index contributed by atoms with van der Waals surface area (Å²) in [5.74, 6) is 0.855. The molecule has 3 heteroatoms. The first kappa shape index (κ1) is 9.00. The van der Waals surface area contributed by atoms with Crippen LogP contribution in [0.4, 0.5) is 0 Å². The fourth-order valence-electron chi connectivity index (χ4n) is 2.50. The Bertz CT molecular complexity index is 205. The van der Waals surface area contributed by atoms with Crippen molar-refractivity contribution in [3.8, 4) is 0 Å². The predicted octanol–water partition coefficient (Wildman–Crippen LogP) is 0.655. The van der Waals surface area contributed by atoms with Crippen molar-refractivity contribution in [1.82, 2.24) is 10.6 Å². The molecular formula is C10H18N2O. The van der Waals surface area contributed by atoms with Crippen LogP contribution in [0, 0.1) is 5.92 Å². The summed E-state index contributed by atoms with van der Waals surface area (Å²) < 4.78 is 0. The predicted molar refractivity (Wildman–Crippen MR) is 51.4 cm³/mol. The number of carbonyl (C=O) groups excluding carboxylic acids is 1. The fourth-order valence-corrected chi connectivity index (χ4v) is 2.50. The molecule has 2 aliphatic rings. The van der Waals surface area contributed by atoms with E-state index in [0.29, 0.717) is 0 Å². The van der Waals surface area contributed by atoms with Gasteiger partial charge in [0.25, 0.3) is 0 Å². The first-order valence-corrected chi connectivity index (χ1v) is 5.22. The van der Waals surface area contributed by atoms with Crippen molar-refractivity contribution in [3.05, 3.63) is 0 Å². The third-order valence-electron chi connectivity index (χ3n) is 3.33. The van der Waals surface area contributed by atoms with Crippen LogP contribution in [-0.4, -0.2) is 24.5 Å². The Hall–Kier alpha value is -0.570. The maximum absolute atomic E-state index is 11.0. The SMILES string of the molecule is CC(=O)NC1(C2CCNCC2)CC1. The zero-order chi connectivity index (χ0) is 9.31. The minimum Gasteiger partial charge on any atom is -0.351 e. The highest BCUT2D eigenvalue weighted by Crippen LogP contribution is 2.45. The van der Waals surface area contributed by atoms with Gasteiger partial charge in [-0.3, -0.25) is 4.79 Å². The molecule has 1 saturated heterocycles. The van der Waals surface area contributed by atoms with Crippen molar-refractivity contribution in [1.29, 1.82) is 0 Å². The summed E-state index contributed by atoms with van der Waals surface area (Å²) in [6, 6.07) is 0. The molecule has 0 aromatic rings. The van der Waals surface area contributed by atoms with Crippen LogP contribution in [-0.2, 0) is 4.79 Å². The van der Waals surface area contributed by atoms with Crippen LogP contribution >= 0.6 is 0 Å². The summed E-state index contributed by atoms with van der Waals surface area (Å²) >= 11 is 0. The Kier molecular flexibility index (Phi) is 2.28. The van der Waals surface area contributed by atoms with Crippen LogP contribution in [0.15, 0.2) is 0 Å². The molecule has 13 heavy (non-hydrogen) atoms. The van der Waals surface area contributed by atoms with Gasteiger partial charge in [-0.1, -0.05) is 0 Å². The van der Waals surface area contributed by atoms with Gasteiger partial charge in [0, 0.05) is 12.5 Å². The van der Waals surface area contributed by atoms with Crippen LogP contribution < -0.4 is 10.6 Å². The van der Waals surface area contributed by atoms with Gasteiger partial charge in [0.2, 0.25) is 5.91 Å². The van der Waals surface area contributed by atoms with E-state index >= 15 is 0 Å². The molecule has 1 amide bonds. The molecule has 1 aliphatic heterocycles. The molecule has 0 radical (unpaired) electrons. The molecule has 3 nitrogen and oxygen atoms in total. The Labute approximate surface area is 79.3 Å². The van der Waals surface area contributed by atoms with Crippen molar-refractivity contribution in [2.24, 2.45) is 5.92 Å². The van der Waals surface area contributed by atoms with Crippen LogP contribution in [0.25, 0.3) is 0 Å². The van der Waals surface area contributed by atoms with E-state index in [1.807, 2.05) is 0 Å². The molecule has 1 aliphatic carbocycles. The zero-order valence-electron chi connectivity index (χ0n) is 8.23. The quantitative estimate of drug-likeness (QED) is 0.658. The number of carbonyl (C=O) groups is 1. The van der Waals surface area contributed by atoms with Crippen molar-refractivity contribution < 1.29 is 4.79 Å². The summed E-state index contributed by atoms with van der Waals surface area (Å²) in [6.07, 6.45) is 4.83. The smallest absolute Gasteiger partial charge is 0.217 e. The van der Waals surface area contributed by atoms with Crippen LogP contribution in [0.3, 0.4) is 0 Å². The van der Waals surface area contributed by atoms with Crippen LogP contribution in [0.1, 0.15) is 32.6 Å². The van der Waals surface area contributed by atoms with E-state index in [9.17, 15) is 4.79 Å². The van der Waals surface area contributed by atoms with Crippen molar-refractivity contribution in [3.63, 3.8) is 0 Å². The molecule has 2 rings (SSSR count). The highest BCUT2D eigenvalue weighted by molar-refractivity contribution is 5.74. The Morgan fingerprint density at radius 3 is 2.46 bits per heavy atom. The average Bonchev–Trinajstić information content (AvgIpc) is 2.86. The van der Waals surface area contributed by atoms with Gasteiger partial charge in [-0.05, 0) is 44.7 Å². The van der Waals surface area contributed by atoms with Gasteiger partial charge in [0.15, 0.2) is 0 Å². The van der Waals surface area contributed by atoms with E-state index in [4.69, 9.17) is 0 Å². The second-order valence-electron chi connectivity index (χ2n) is 4.36. The highest BCUT2D eigenvalue weighted by atomic mass is 16.1. The fraction of sp³-hybridized carbons (Fsp3) is 0.900. The second kappa shape index (κ2) is 3.29. The molecule has 2 fully saturated rings. The van der Waals surface area contributed by atoms with Gasteiger partial charge in [0.05, 0.1) is 0 Å². The minimum absolute atomic E-state index is 0.135. The van der Waals surface area contributed by atoms with Crippen LogP contribution in [0.2, 0.25) is 0 Å². The number of nitrogens with one attached hydrogen (secondary N) is 2. The molecule has 74 valence electrons. The lowest BCUT2D eigenvalue weighted by Gasteiger charge is -2.31. The van der Waals surface area contributed by atoms with Gasteiger partial charge >= 0.3 is 0 Å². The minimum atomic E-state index is 0.135. The lowest BCUT2D eigenvalue weighted by molar-refractivity contribution is -0.120. The number of hydrogen-bond acceptors (Lipinski definition) is 2. The maximum atomic E-state index is 11.0. The summed E-state index contributed by atoms with van der Waals surface area (Å²) in [5, 5.41) is 6.49. The maximum Gasteiger partial charge on any atom is 0.217 e. The van der Waals surface area contributed by atoms with Crippen molar-refractivity contribution in [2.45, 2.75) is 38.1 Å². The van der Waals surface area contributed by atoms with Crippen LogP contribution in [0.5, 0.6) is 0 Å². The number of piperidine rings is 1. The lowest BCUT2D eigenvalue weighted by atomic mass is 9.88. The van der Waals surface area contributed by atoms with Gasteiger partial charge < -0.3 is 10.6 Å². The largest absolute Gasteiger partial charge is 0.351 e. The van der Waals surface area contributed by atoms with Crippen molar-refractivity contribution in [2.75, 3.05) is 13.1 Å². The molecule has 1 heterocycles. The Morgan fingerprint density at radius 2 is 2.00 bits per heavy atom. The summed E-state index contributed by atoms with van der Waals surface area (Å²) in [6.45, 7) is 3.86.